The predicted octanol–water partition coefficient (Wildman–Crippen LogP) is 10.8. The van der Waals surface area contributed by atoms with Gasteiger partial charge >= 0.3 is 12.5 Å². The molecule has 0 aromatic heterocycles. The van der Waals surface area contributed by atoms with Gasteiger partial charge in [0.2, 0.25) is 0 Å². The zero-order valence-corrected chi connectivity index (χ0v) is 22.9. The van der Waals surface area contributed by atoms with Crippen molar-refractivity contribution in [3.63, 3.8) is 0 Å². The van der Waals surface area contributed by atoms with E-state index in [0.29, 0.717) is 55.9 Å². The summed E-state index contributed by atoms with van der Waals surface area (Å²) in [6, 6.07) is 3.37. The molecule has 1 aromatic carbocycles. The van der Waals surface area contributed by atoms with E-state index in [0.717, 1.165) is 30.9 Å². The van der Waals surface area contributed by atoms with E-state index in [4.69, 9.17) is 0 Å². The average Bonchev–Trinajstić information content (AvgIpc) is 2.91. The lowest BCUT2D eigenvalue weighted by Gasteiger charge is -2.40. The first-order chi connectivity index (χ1) is 18.5. The van der Waals surface area contributed by atoms with E-state index in [9.17, 15) is 22.0 Å². The van der Waals surface area contributed by atoms with Crippen LogP contribution < -0.4 is 4.74 Å². The second-order valence-electron chi connectivity index (χ2n) is 12.5. The van der Waals surface area contributed by atoms with Crippen molar-refractivity contribution in [1.82, 2.24) is 0 Å². The Morgan fingerprint density at radius 1 is 0.795 bits per heavy atom. The molecule has 0 saturated heterocycles. The van der Waals surface area contributed by atoms with Crippen LogP contribution in [0.1, 0.15) is 115 Å². The summed E-state index contributed by atoms with van der Waals surface area (Å²) in [5.74, 6) is -3.29. The highest BCUT2D eigenvalue weighted by atomic mass is 19.3. The zero-order valence-electron chi connectivity index (χ0n) is 22.9. The summed E-state index contributed by atoms with van der Waals surface area (Å²) in [6.45, 7) is 2.24. The summed E-state index contributed by atoms with van der Waals surface area (Å²) in [4.78, 5) is 0. The van der Waals surface area contributed by atoms with Crippen LogP contribution >= 0.6 is 0 Å². The molecule has 3 fully saturated rings. The van der Waals surface area contributed by atoms with Gasteiger partial charge in [0.25, 0.3) is 5.92 Å². The van der Waals surface area contributed by atoms with E-state index in [1.54, 1.807) is 0 Å². The van der Waals surface area contributed by atoms with Gasteiger partial charge in [-0.15, -0.1) is 0 Å². The second-order valence-corrected chi connectivity index (χ2v) is 12.5. The van der Waals surface area contributed by atoms with Gasteiger partial charge < -0.3 is 4.74 Å². The fourth-order valence-electron chi connectivity index (χ4n) is 7.67. The number of ether oxygens (including phenoxy) is 1. The minimum absolute atomic E-state index is 0.0862. The molecule has 39 heavy (non-hydrogen) atoms. The Morgan fingerprint density at radius 3 is 1.90 bits per heavy atom. The van der Waals surface area contributed by atoms with E-state index in [1.807, 2.05) is 0 Å². The Kier molecular flexibility index (Phi) is 10.2. The van der Waals surface area contributed by atoms with E-state index < -0.39 is 35.9 Å². The number of alkyl halides is 6. The molecular formula is C31H43F7O. The summed E-state index contributed by atoms with van der Waals surface area (Å²) < 4.78 is 99.8. The number of hydrogen-bond donors (Lipinski definition) is 0. The lowest BCUT2D eigenvalue weighted by Crippen LogP contribution is -2.36. The van der Waals surface area contributed by atoms with Crippen molar-refractivity contribution in [2.24, 2.45) is 29.6 Å². The summed E-state index contributed by atoms with van der Waals surface area (Å²) in [7, 11) is 0. The Bertz CT molecular complexity index is 896. The van der Waals surface area contributed by atoms with E-state index in [2.05, 4.69) is 11.7 Å². The molecule has 0 atom stereocenters. The normalized spacial score (nSPS) is 30.9. The van der Waals surface area contributed by atoms with Gasteiger partial charge in [-0.3, -0.25) is 0 Å². The molecule has 0 bridgehead atoms. The Labute approximate surface area is 228 Å². The van der Waals surface area contributed by atoms with Gasteiger partial charge in [0.1, 0.15) is 0 Å². The fraction of sp³-hybridized carbons (Fsp3) is 0.806. The molecule has 0 spiro atoms. The first kappa shape index (κ1) is 30.5. The van der Waals surface area contributed by atoms with Crippen LogP contribution in [0.4, 0.5) is 30.7 Å². The average molecular weight is 565 g/mol. The van der Waals surface area contributed by atoms with Crippen molar-refractivity contribution in [3.8, 4) is 5.75 Å². The molecule has 3 saturated carbocycles. The molecule has 4 rings (SSSR count). The number of halogens is 7. The number of rotatable bonds is 10. The third-order valence-corrected chi connectivity index (χ3v) is 9.96. The standard InChI is InChI=1S/C31H43F7O/c1-2-3-20-4-8-22(9-5-20)23-12-15-26(16-13-23)30(35,36)19-21-6-10-24(11-7-21)25-14-17-28(27(32)18-25)39-31(37,38)29(33)34/h14,17-18,20-24,26,29H,2-13,15-16,19H2,1H3. The van der Waals surface area contributed by atoms with Gasteiger partial charge in [0.05, 0.1) is 0 Å². The minimum atomic E-state index is -4.78. The van der Waals surface area contributed by atoms with E-state index >= 15 is 8.78 Å². The SMILES string of the molecule is CCCC1CCC(C2CCC(C(F)(F)CC3CCC(c4ccc(OC(F)(F)C(F)F)c(F)c4)CC3)CC2)CC1. The molecule has 0 radical (unpaired) electrons. The highest BCUT2D eigenvalue weighted by molar-refractivity contribution is 5.32. The van der Waals surface area contributed by atoms with Crippen molar-refractivity contribution < 1.29 is 35.5 Å². The van der Waals surface area contributed by atoms with E-state index in [1.165, 1.54) is 44.6 Å². The predicted molar refractivity (Wildman–Crippen MR) is 138 cm³/mol. The van der Waals surface area contributed by atoms with Gasteiger partial charge in [0, 0.05) is 12.3 Å². The Hall–Kier alpha value is -1.47. The maximum atomic E-state index is 15.3. The van der Waals surface area contributed by atoms with Crippen LogP contribution in [-0.4, -0.2) is 18.5 Å². The monoisotopic (exact) mass is 564 g/mol. The quantitative estimate of drug-likeness (QED) is 0.257. The van der Waals surface area contributed by atoms with Gasteiger partial charge in [-0.2, -0.15) is 17.6 Å². The van der Waals surface area contributed by atoms with Crippen molar-refractivity contribution >= 4 is 0 Å². The topological polar surface area (TPSA) is 9.23 Å². The minimum Gasteiger partial charge on any atom is -0.425 e. The molecule has 0 amide bonds. The fourth-order valence-corrected chi connectivity index (χ4v) is 7.67. The van der Waals surface area contributed by atoms with E-state index in [-0.39, 0.29) is 18.3 Å². The van der Waals surface area contributed by atoms with Crippen LogP contribution in [-0.2, 0) is 0 Å². The summed E-state index contributed by atoms with van der Waals surface area (Å²) in [5.41, 5.74) is 0.549. The third kappa shape index (κ3) is 7.84. The summed E-state index contributed by atoms with van der Waals surface area (Å²) in [5, 5.41) is 0. The van der Waals surface area contributed by atoms with Crippen LogP contribution in [0.3, 0.4) is 0 Å². The highest BCUT2D eigenvalue weighted by Crippen LogP contribution is 2.49. The van der Waals surface area contributed by atoms with Crippen molar-refractivity contribution in [3.05, 3.63) is 29.6 Å². The number of benzene rings is 1. The molecule has 8 heteroatoms. The van der Waals surface area contributed by atoms with Gasteiger partial charge in [0.15, 0.2) is 11.6 Å². The largest absolute Gasteiger partial charge is 0.461 e. The maximum Gasteiger partial charge on any atom is 0.461 e. The molecule has 0 heterocycles. The van der Waals surface area contributed by atoms with Crippen molar-refractivity contribution in [2.75, 3.05) is 0 Å². The molecule has 3 aliphatic rings. The van der Waals surface area contributed by atoms with Gasteiger partial charge in [-0.05, 0) is 111 Å². The number of hydrogen-bond acceptors (Lipinski definition) is 1. The van der Waals surface area contributed by atoms with Crippen LogP contribution in [0.15, 0.2) is 18.2 Å². The van der Waals surface area contributed by atoms with Crippen molar-refractivity contribution in [2.45, 2.75) is 128 Å². The first-order valence-electron chi connectivity index (χ1n) is 15.0. The molecule has 0 aliphatic heterocycles. The van der Waals surface area contributed by atoms with Crippen LogP contribution in [0.25, 0.3) is 0 Å². The zero-order chi connectivity index (χ0) is 28.2. The Morgan fingerprint density at radius 2 is 1.36 bits per heavy atom. The maximum absolute atomic E-state index is 15.3. The Balaban J connectivity index is 1.22. The molecule has 1 aromatic rings. The molecule has 0 unspecified atom stereocenters. The molecule has 222 valence electrons. The third-order valence-electron chi connectivity index (χ3n) is 9.96. The summed E-state index contributed by atoms with van der Waals surface area (Å²) in [6.07, 6.45) is 4.19. The highest BCUT2D eigenvalue weighted by Gasteiger charge is 2.45. The van der Waals surface area contributed by atoms with Gasteiger partial charge in [-0.1, -0.05) is 38.7 Å². The molecule has 0 N–H and O–H groups in total. The summed E-state index contributed by atoms with van der Waals surface area (Å²) >= 11 is 0. The second kappa shape index (κ2) is 13.0. The molecule has 1 nitrogen and oxygen atoms in total. The molecule has 3 aliphatic carbocycles. The smallest absolute Gasteiger partial charge is 0.425 e. The molecular weight excluding hydrogens is 521 g/mol. The van der Waals surface area contributed by atoms with Gasteiger partial charge in [-0.25, -0.2) is 13.2 Å². The van der Waals surface area contributed by atoms with Crippen LogP contribution in [0.2, 0.25) is 0 Å². The lowest BCUT2D eigenvalue weighted by molar-refractivity contribution is -0.254. The van der Waals surface area contributed by atoms with Crippen LogP contribution in [0.5, 0.6) is 5.75 Å². The van der Waals surface area contributed by atoms with Crippen LogP contribution in [0, 0.1) is 35.4 Å². The lowest BCUT2D eigenvalue weighted by atomic mass is 9.67. The first-order valence-corrected chi connectivity index (χ1v) is 15.0. The van der Waals surface area contributed by atoms with Crippen molar-refractivity contribution in [1.29, 1.82) is 0 Å².